The Balaban J connectivity index is 1.14. The SMILES string of the molecule is Cc1cccc2c3cccc(C)c3n(-c3ccnc(-n4c5ccccc5c5ccc(Oc6cc(-n7ncc8ccccc87)cc(C(C)(C)C)c6)cc54)c3)c12. The highest BCUT2D eigenvalue weighted by Gasteiger charge is 2.21. The van der Waals surface area contributed by atoms with Crippen LogP contribution >= 0.6 is 0 Å². The summed E-state index contributed by atoms with van der Waals surface area (Å²) < 4.78 is 13.5. The van der Waals surface area contributed by atoms with Crippen LogP contribution in [-0.2, 0) is 5.41 Å². The van der Waals surface area contributed by atoms with Crippen molar-refractivity contribution in [2.24, 2.45) is 0 Å². The van der Waals surface area contributed by atoms with Crippen molar-refractivity contribution in [1.29, 1.82) is 0 Å². The van der Waals surface area contributed by atoms with Gasteiger partial charge in [0.05, 0.1) is 45.2 Å². The smallest absolute Gasteiger partial charge is 0.139 e. The summed E-state index contributed by atoms with van der Waals surface area (Å²) >= 11 is 0. The number of aromatic nitrogens is 5. The molecule has 0 N–H and O–H groups in total. The van der Waals surface area contributed by atoms with E-state index in [0.717, 1.165) is 61.4 Å². The van der Waals surface area contributed by atoms with Gasteiger partial charge in [0.2, 0.25) is 0 Å². The number of aryl methyl sites for hydroxylation is 2. The zero-order valence-corrected chi connectivity index (χ0v) is 31.0. The lowest BCUT2D eigenvalue weighted by molar-refractivity contribution is 0.478. The number of ether oxygens (including phenoxy) is 1. The third-order valence-electron chi connectivity index (χ3n) is 10.8. The van der Waals surface area contributed by atoms with Gasteiger partial charge in [-0.1, -0.05) is 93.6 Å². The summed E-state index contributed by atoms with van der Waals surface area (Å²) in [6.07, 6.45) is 3.84. The fraction of sp³-hybridized carbons (Fsp3) is 0.125. The molecule has 10 rings (SSSR count). The minimum Gasteiger partial charge on any atom is -0.457 e. The monoisotopic (exact) mass is 701 g/mol. The molecule has 0 atom stereocenters. The maximum absolute atomic E-state index is 6.79. The molecule has 0 radical (unpaired) electrons. The van der Waals surface area contributed by atoms with E-state index in [2.05, 4.69) is 171 Å². The second-order valence-corrected chi connectivity index (χ2v) is 15.4. The molecule has 0 aliphatic rings. The molecule has 10 aromatic rings. The van der Waals surface area contributed by atoms with Crippen LogP contribution in [0.3, 0.4) is 0 Å². The summed E-state index contributed by atoms with van der Waals surface area (Å²) in [7, 11) is 0. The van der Waals surface area contributed by atoms with Crippen molar-refractivity contribution >= 4 is 54.5 Å². The number of benzene rings is 6. The Kier molecular flexibility index (Phi) is 7.08. The lowest BCUT2D eigenvalue weighted by Crippen LogP contribution is -2.12. The molecular formula is C48H39N5O. The summed E-state index contributed by atoms with van der Waals surface area (Å²) in [5, 5.41) is 10.7. The zero-order chi connectivity index (χ0) is 36.7. The molecule has 6 nitrogen and oxygen atoms in total. The first-order chi connectivity index (χ1) is 26.2. The third-order valence-corrected chi connectivity index (χ3v) is 10.8. The summed E-state index contributed by atoms with van der Waals surface area (Å²) in [5.41, 5.74) is 11.2. The van der Waals surface area contributed by atoms with Crippen LogP contribution in [0.4, 0.5) is 0 Å². The Morgan fingerprint density at radius 2 is 1.22 bits per heavy atom. The average Bonchev–Trinajstić information content (AvgIpc) is 3.86. The normalized spacial score (nSPS) is 12.2. The first-order valence-electron chi connectivity index (χ1n) is 18.5. The Labute approximate surface area is 313 Å². The molecule has 0 bridgehead atoms. The minimum absolute atomic E-state index is 0.0996. The van der Waals surface area contributed by atoms with Crippen molar-refractivity contribution in [2.75, 3.05) is 0 Å². The summed E-state index contributed by atoms with van der Waals surface area (Å²) in [6.45, 7) is 11.1. The van der Waals surface area contributed by atoms with Crippen LogP contribution in [0.5, 0.6) is 11.5 Å². The van der Waals surface area contributed by atoms with Crippen molar-refractivity contribution in [3.63, 3.8) is 0 Å². The molecule has 0 unspecified atom stereocenters. The van der Waals surface area contributed by atoms with Gasteiger partial charge in [0.1, 0.15) is 17.3 Å². The lowest BCUT2D eigenvalue weighted by Gasteiger charge is -2.21. The zero-order valence-electron chi connectivity index (χ0n) is 31.0. The van der Waals surface area contributed by atoms with Crippen molar-refractivity contribution in [3.8, 4) is 28.7 Å². The van der Waals surface area contributed by atoms with E-state index < -0.39 is 0 Å². The van der Waals surface area contributed by atoms with Crippen molar-refractivity contribution in [2.45, 2.75) is 40.0 Å². The highest BCUT2D eigenvalue weighted by molar-refractivity contribution is 6.12. The van der Waals surface area contributed by atoms with Crippen LogP contribution in [-0.4, -0.2) is 23.9 Å². The number of hydrogen-bond acceptors (Lipinski definition) is 3. The molecule has 4 aromatic heterocycles. The number of rotatable bonds is 5. The maximum Gasteiger partial charge on any atom is 0.139 e. The van der Waals surface area contributed by atoms with Crippen LogP contribution in [0, 0.1) is 13.8 Å². The maximum atomic E-state index is 6.79. The Morgan fingerprint density at radius 3 is 1.98 bits per heavy atom. The molecule has 0 spiro atoms. The molecule has 4 heterocycles. The largest absolute Gasteiger partial charge is 0.457 e. The highest BCUT2D eigenvalue weighted by atomic mass is 16.5. The number of hydrogen-bond donors (Lipinski definition) is 0. The van der Waals surface area contributed by atoms with Gasteiger partial charge >= 0.3 is 0 Å². The number of para-hydroxylation sites is 4. The molecule has 0 saturated carbocycles. The molecule has 54 heavy (non-hydrogen) atoms. The van der Waals surface area contributed by atoms with E-state index in [9.17, 15) is 0 Å². The Morgan fingerprint density at radius 1 is 0.537 bits per heavy atom. The molecule has 0 aliphatic heterocycles. The van der Waals surface area contributed by atoms with Crippen LogP contribution < -0.4 is 4.74 Å². The van der Waals surface area contributed by atoms with Crippen LogP contribution in [0.1, 0.15) is 37.5 Å². The molecule has 262 valence electrons. The van der Waals surface area contributed by atoms with Gasteiger partial charge < -0.3 is 9.30 Å². The predicted molar refractivity (Wildman–Crippen MR) is 222 cm³/mol. The quantitative estimate of drug-likeness (QED) is 0.179. The van der Waals surface area contributed by atoms with Crippen molar-refractivity contribution < 1.29 is 4.74 Å². The fourth-order valence-corrected chi connectivity index (χ4v) is 8.16. The highest BCUT2D eigenvalue weighted by Crippen LogP contribution is 2.39. The topological polar surface area (TPSA) is 49.8 Å². The van der Waals surface area contributed by atoms with Gasteiger partial charge in [-0.3, -0.25) is 4.57 Å². The number of pyridine rings is 1. The van der Waals surface area contributed by atoms with Gasteiger partial charge in [0.15, 0.2) is 0 Å². The molecule has 6 heteroatoms. The second-order valence-electron chi connectivity index (χ2n) is 15.4. The molecular weight excluding hydrogens is 663 g/mol. The lowest BCUT2D eigenvalue weighted by atomic mass is 9.86. The predicted octanol–water partition coefficient (Wildman–Crippen LogP) is 12.3. The van der Waals surface area contributed by atoms with Crippen LogP contribution in [0.25, 0.3) is 71.7 Å². The van der Waals surface area contributed by atoms with Crippen LogP contribution in [0.15, 0.2) is 146 Å². The van der Waals surface area contributed by atoms with E-state index in [4.69, 9.17) is 14.8 Å². The van der Waals surface area contributed by atoms with E-state index in [1.807, 2.05) is 23.1 Å². The van der Waals surface area contributed by atoms with Gasteiger partial charge in [0, 0.05) is 51.3 Å². The van der Waals surface area contributed by atoms with E-state index in [1.165, 1.54) is 38.5 Å². The summed E-state index contributed by atoms with van der Waals surface area (Å²) in [6, 6.07) is 47.2. The molecule has 0 aliphatic carbocycles. The molecule has 0 saturated heterocycles. The Hall–Kier alpha value is -6.66. The van der Waals surface area contributed by atoms with Gasteiger partial charge in [0.25, 0.3) is 0 Å². The van der Waals surface area contributed by atoms with E-state index >= 15 is 0 Å². The van der Waals surface area contributed by atoms with Crippen LogP contribution in [0.2, 0.25) is 0 Å². The van der Waals surface area contributed by atoms with E-state index in [0.29, 0.717) is 0 Å². The molecule has 6 aromatic carbocycles. The third kappa shape index (κ3) is 5.01. The fourth-order valence-electron chi connectivity index (χ4n) is 8.16. The summed E-state index contributed by atoms with van der Waals surface area (Å²) in [5.74, 6) is 2.35. The van der Waals surface area contributed by atoms with Gasteiger partial charge in [-0.05, 0) is 78.4 Å². The standard InChI is InChI=1S/C48H39N5O/c1-30-12-10-16-40-41-17-11-13-31(2)47(41)51(46(30)40)34-22-23-49-45(27-34)52-43-19-9-7-15-38(43)39-21-20-36(28-44(39)52)54-37-25-33(48(3,4)5)24-35(26-37)53-42-18-8-6-14-32(42)29-50-53/h6-29H,1-5H3. The first-order valence-corrected chi connectivity index (χ1v) is 18.5. The average molecular weight is 702 g/mol. The van der Waals surface area contributed by atoms with Crippen molar-refractivity contribution in [1.82, 2.24) is 23.9 Å². The van der Waals surface area contributed by atoms with E-state index in [-0.39, 0.29) is 5.41 Å². The Bertz CT molecular complexity index is 3040. The molecule has 0 amide bonds. The van der Waals surface area contributed by atoms with Gasteiger partial charge in [-0.15, -0.1) is 0 Å². The van der Waals surface area contributed by atoms with Gasteiger partial charge in [-0.25, -0.2) is 9.67 Å². The van der Waals surface area contributed by atoms with Gasteiger partial charge in [-0.2, -0.15) is 5.10 Å². The number of nitrogens with zero attached hydrogens (tertiary/aromatic N) is 5. The van der Waals surface area contributed by atoms with E-state index in [1.54, 1.807) is 0 Å². The summed E-state index contributed by atoms with van der Waals surface area (Å²) in [4.78, 5) is 5.01. The van der Waals surface area contributed by atoms with Crippen molar-refractivity contribution in [3.05, 3.63) is 163 Å². The first kappa shape index (κ1) is 32.0. The minimum atomic E-state index is -0.0996. The number of fused-ring (bicyclic) bond motifs is 7. The second kappa shape index (κ2) is 11.9. The molecule has 0 fully saturated rings.